The van der Waals surface area contributed by atoms with Crippen LogP contribution in [0.4, 0.5) is 5.69 Å². The normalized spacial score (nSPS) is 17.4. The van der Waals surface area contributed by atoms with Crippen molar-refractivity contribution in [1.29, 1.82) is 0 Å². The Morgan fingerprint density at radius 3 is 2.65 bits per heavy atom. The van der Waals surface area contributed by atoms with Crippen molar-refractivity contribution in [1.82, 2.24) is 4.31 Å². The van der Waals surface area contributed by atoms with Crippen LogP contribution in [0.15, 0.2) is 65.6 Å². The van der Waals surface area contributed by atoms with Gasteiger partial charge in [-0.15, -0.1) is 0 Å². The van der Waals surface area contributed by atoms with Gasteiger partial charge in [0.05, 0.1) is 23.6 Å². The largest absolute Gasteiger partial charge is 0.495 e. The number of rotatable bonds is 5. The van der Waals surface area contributed by atoms with E-state index in [-0.39, 0.29) is 17.3 Å². The fourth-order valence-electron chi connectivity index (χ4n) is 3.86. The van der Waals surface area contributed by atoms with Crippen molar-refractivity contribution < 1.29 is 17.9 Å². The molecule has 0 unspecified atom stereocenters. The summed E-state index contributed by atoms with van der Waals surface area (Å²) in [4.78, 5) is 13.1. The lowest BCUT2D eigenvalue weighted by molar-refractivity contribution is -0.120. The molecule has 1 N–H and O–H groups in total. The van der Waals surface area contributed by atoms with Gasteiger partial charge in [0.2, 0.25) is 15.9 Å². The predicted octanol–water partition coefficient (Wildman–Crippen LogP) is 4.54. The second kappa shape index (κ2) is 8.86. The Bertz CT molecular complexity index is 1230. The monoisotopic (exact) mass is 458 g/mol. The summed E-state index contributed by atoms with van der Waals surface area (Å²) >= 11 is 6.04. The summed E-state index contributed by atoms with van der Waals surface area (Å²) in [7, 11) is -2.19. The van der Waals surface area contributed by atoms with Gasteiger partial charge in [0, 0.05) is 18.1 Å². The molecule has 1 heterocycles. The van der Waals surface area contributed by atoms with Crippen molar-refractivity contribution in [2.75, 3.05) is 25.5 Å². The number of benzene rings is 3. The molecule has 0 radical (unpaired) electrons. The fourth-order valence-corrected chi connectivity index (χ4v) is 5.60. The van der Waals surface area contributed by atoms with E-state index in [1.54, 1.807) is 30.3 Å². The third-order valence-corrected chi connectivity index (χ3v) is 7.63. The maximum absolute atomic E-state index is 13.3. The first-order chi connectivity index (χ1) is 14.9. The quantitative estimate of drug-likeness (QED) is 0.609. The molecule has 31 heavy (non-hydrogen) atoms. The number of amides is 1. The third-order valence-electron chi connectivity index (χ3n) is 5.53. The molecule has 1 saturated heterocycles. The van der Waals surface area contributed by atoms with Crippen LogP contribution >= 0.6 is 11.6 Å². The number of nitrogens with one attached hydrogen (secondary N) is 1. The minimum Gasteiger partial charge on any atom is -0.495 e. The predicted molar refractivity (Wildman–Crippen MR) is 122 cm³/mol. The molecule has 1 aliphatic heterocycles. The molecule has 162 valence electrons. The highest BCUT2D eigenvalue weighted by molar-refractivity contribution is 7.89. The Morgan fingerprint density at radius 1 is 1.10 bits per heavy atom. The summed E-state index contributed by atoms with van der Waals surface area (Å²) in [6.45, 7) is 0.517. The molecule has 6 nitrogen and oxygen atoms in total. The lowest BCUT2D eigenvalue weighted by Crippen LogP contribution is -2.43. The van der Waals surface area contributed by atoms with Gasteiger partial charge in [0.1, 0.15) is 5.75 Å². The van der Waals surface area contributed by atoms with Crippen LogP contribution in [0.25, 0.3) is 10.8 Å². The number of carbonyl (C=O) groups excluding carboxylic acids is 1. The second-order valence-electron chi connectivity index (χ2n) is 7.55. The van der Waals surface area contributed by atoms with Crippen LogP contribution in [0.3, 0.4) is 0 Å². The number of fused-ring (bicyclic) bond motifs is 1. The second-order valence-corrected chi connectivity index (χ2v) is 9.92. The van der Waals surface area contributed by atoms with Gasteiger partial charge < -0.3 is 10.1 Å². The Morgan fingerprint density at radius 2 is 1.87 bits per heavy atom. The van der Waals surface area contributed by atoms with Crippen LogP contribution in [0.5, 0.6) is 5.75 Å². The van der Waals surface area contributed by atoms with E-state index >= 15 is 0 Å². The van der Waals surface area contributed by atoms with Crippen LogP contribution in [0, 0.1) is 5.92 Å². The van der Waals surface area contributed by atoms with Crippen molar-refractivity contribution in [3.05, 3.63) is 65.7 Å². The molecule has 3 aromatic rings. The van der Waals surface area contributed by atoms with Crippen molar-refractivity contribution >= 4 is 44.0 Å². The molecule has 3 aromatic carbocycles. The summed E-state index contributed by atoms with van der Waals surface area (Å²) in [5.74, 6) is -0.221. The van der Waals surface area contributed by atoms with Crippen LogP contribution in [0.1, 0.15) is 12.8 Å². The zero-order valence-electron chi connectivity index (χ0n) is 17.0. The first kappa shape index (κ1) is 21.6. The molecule has 0 aliphatic carbocycles. The molecule has 0 aromatic heterocycles. The molecule has 4 rings (SSSR count). The van der Waals surface area contributed by atoms with E-state index in [0.29, 0.717) is 35.8 Å². The molecule has 1 aliphatic rings. The smallest absolute Gasteiger partial charge is 0.243 e. The molecule has 8 heteroatoms. The van der Waals surface area contributed by atoms with E-state index in [0.717, 1.165) is 10.8 Å². The van der Waals surface area contributed by atoms with Crippen molar-refractivity contribution in [2.45, 2.75) is 17.7 Å². The van der Waals surface area contributed by atoms with Gasteiger partial charge >= 0.3 is 0 Å². The van der Waals surface area contributed by atoms with E-state index in [2.05, 4.69) is 5.32 Å². The number of sulfonamides is 1. The van der Waals surface area contributed by atoms with Crippen molar-refractivity contribution in [2.24, 2.45) is 5.92 Å². The summed E-state index contributed by atoms with van der Waals surface area (Å²) in [6, 6.07) is 17.7. The maximum atomic E-state index is 13.3. The number of hydrogen-bond acceptors (Lipinski definition) is 4. The van der Waals surface area contributed by atoms with E-state index in [1.165, 1.54) is 11.4 Å². The number of piperidine rings is 1. The number of carbonyl (C=O) groups is 1. The first-order valence-corrected chi connectivity index (χ1v) is 11.8. The Labute approximate surface area is 186 Å². The molecular formula is C23H23ClN2O4S. The average molecular weight is 459 g/mol. The summed E-state index contributed by atoms with van der Waals surface area (Å²) in [6.07, 6.45) is 1.22. The molecule has 1 atom stereocenters. The number of nitrogens with zero attached hydrogens (tertiary/aromatic N) is 1. The standard InChI is InChI=1S/C23H23ClN2O4S/c1-30-22-11-9-19(24)14-21(22)25-23(27)18-7-4-12-26(15-18)31(28,29)20-10-8-16-5-2-3-6-17(16)13-20/h2-3,5-6,8-11,13-14,18H,4,7,12,15H2,1H3,(H,25,27)/t18-/m1/s1. The highest BCUT2D eigenvalue weighted by Crippen LogP contribution is 2.30. The van der Waals surface area contributed by atoms with Crippen LogP contribution in [-0.2, 0) is 14.8 Å². The molecule has 1 fully saturated rings. The van der Waals surface area contributed by atoms with Crippen molar-refractivity contribution in [3.63, 3.8) is 0 Å². The number of hydrogen-bond donors (Lipinski definition) is 1. The summed E-state index contributed by atoms with van der Waals surface area (Å²) in [5.41, 5.74) is 0.467. The number of ether oxygens (including phenoxy) is 1. The van der Waals surface area contributed by atoms with E-state index < -0.39 is 15.9 Å². The van der Waals surface area contributed by atoms with Gasteiger partial charge in [-0.1, -0.05) is 41.9 Å². The molecular weight excluding hydrogens is 436 g/mol. The number of anilines is 1. The third kappa shape index (κ3) is 4.54. The Balaban J connectivity index is 1.53. The summed E-state index contributed by atoms with van der Waals surface area (Å²) < 4.78 is 33.2. The Kier molecular flexibility index (Phi) is 6.18. The topological polar surface area (TPSA) is 75.7 Å². The summed E-state index contributed by atoms with van der Waals surface area (Å²) in [5, 5.41) is 5.15. The number of halogens is 1. The van der Waals surface area contributed by atoms with Crippen LogP contribution in [-0.4, -0.2) is 38.8 Å². The van der Waals surface area contributed by atoms with Crippen LogP contribution < -0.4 is 10.1 Å². The van der Waals surface area contributed by atoms with Gasteiger partial charge in [-0.25, -0.2) is 8.42 Å². The first-order valence-electron chi connectivity index (χ1n) is 10.0. The zero-order chi connectivity index (χ0) is 22.0. The van der Waals surface area contributed by atoms with Gasteiger partial charge in [-0.2, -0.15) is 4.31 Å². The highest BCUT2D eigenvalue weighted by Gasteiger charge is 2.33. The van der Waals surface area contributed by atoms with Gasteiger partial charge in [-0.05, 0) is 53.9 Å². The Hall–Kier alpha value is -2.61. The van der Waals surface area contributed by atoms with E-state index in [9.17, 15) is 13.2 Å². The van der Waals surface area contributed by atoms with E-state index in [4.69, 9.17) is 16.3 Å². The lowest BCUT2D eigenvalue weighted by Gasteiger charge is -2.31. The van der Waals surface area contributed by atoms with Gasteiger partial charge in [0.15, 0.2) is 0 Å². The average Bonchev–Trinajstić information content (AvgIpc) is 2.79. The van der Waals surface area contributed by atoms with Gasteiger partial charge in [-0.3, -0.25) is 4.79 Å². The molecule has 0 spiro atoms. The minimum atomic E-state index is -3.70. The zero-order valence-corrected chi connectivity index (χ0v) is 18.6. The maximum Gasteiger partial charge on any atom is 0.243 e. The molecule has 1 amide bonds. The minimum absolute atomic E-state index is 0.129. The van der Waals surface area contributed by atoms with Crippen molar-refractivity contribution in [3.8, 4) is 5.75 Å². The van der Waals surface area contributed by atoms with Gasteiger partial charge in [0.25, 0.3) is 0 Å². The van der Waals surface area contributed by atoms with Crippen LogP contribution in [0.2, 0.25) is 5.02 Å². The van der Waals surface area contributed by atoms with E-state index in [1.807, 2.05) is 30.3 Å². The highest BCUT2D eigenvalue weighted by atomic mass is 35.5. The molecule has 0 bridgehead atoms. The molecule has 0 saturated carbocycles. The number of methoxy groups -OCH3 is 1. The fraction of sp³-hybridized carbons (Fsp3) is 0.261. The lowest BCUT2D eigenvalue weighted by atomic mass is 9.98. The SMILES string of the molecule is COc1ccc(Cl)cc1NC(=O)[C@@H]1CCCN(S(=O)(=O)c2ccc3ccccc3c2)C1.